The summed E-state index contributed by atoms with van der Waals surface area (Å²) in [5.74, 6) is -1.79. The Morgan fingerprint density at radius 1 is 1.06 bits per heavy atom. The summed E-state index contributed by atoms with van der Waals surface area (Å²) >= 11 is 0. The first-order chi connectivity index (χ1) is 15.5. The first-order valence-corrected chi connectivity index (χ1v) is 11.1. The van der Waals surface area contributed by atoms with Crippen LogP contribution < -0.4 is 5.32 Å². The van der Waals surface area contributed by atoms with Gasteiger partial charge in [0.2, 0.25) is 5.91 Å². The highest BCUT2D eigenvalue weighted by Crippen LogP contribution is 2.44. The molecule has 0 spiro atoms. The number of rotatable bonds is 6. The molecule has 32 heavy (non-hydrogen) atoms. The first-order valence-electron chi connectivity index (χ1n) is 11.1. The Morgan fingerprint density at radius 2 is 1.69 bits per heavy atom. The van der Waals surface area contributed by atoms with E-state index in [9.17, 15) is 19.5 Å². The Bertz CT molecular complexity index is 975. The van der Waals surface area contributed by atoms with Crippen LogP contribution in [-0.2, 0) is 14.3 Å². The van der Waals surface area contributed by atoms with E-state index in [4.69, 9.17) is 4.74 Å². The molecule has 0 radical (unpaired) electrons. The molecule has 4 rings (SSSR count). The zero-order valence-corrected chi connectivity index (χ0v) is 18.1. The molecule has 0 bridgehead atoms. The predicted molar refractivity (Wildman–Crippen MR) is 119 cm³/mol. The molecule has 2 amide bonds. The fourth-order valence-corrected chi connectivity index (χ4v) is 4.71. The van der Waals surface area contributed by atoms with Gasteiger partial charge in [0.05, 0.1) is 5.92 Å². The van der Waals surface area contributed by atoms with Crippen molar-refractivity contribution in [3.8, 4) is 11.1 Å². The average molecular weight is 437 g/mol. The number of hydrogen-bond donors (Lipinski definition) is 2. The molecule has 168 valence electrons. The normalized spacial score (nSPS) is 18.4. The molecule has 0 saturated carbocycles. The molecule has 1 aliphatic carbocycles. The van der Waals surface area contributed by atoms with E-state index in [1.807, 2.05) is 24.3 Å². The minimum absolute atomic E-state index is 0.0307. The number of amides is 2. The Balaban J connectivity index is 1.32. The SMILES string of the molecule is CC(CNC(=O)OCC1c2ccccc2-c2ccccc21)C(=O)N1CCCC[C@H]1C(=O)O. The Kier molecular flexibility index (Phi) is 6.44. The van der Waals surface area contributed by atoms with Crippen LogP contribution in [0.15, 0.2) is 48.5 Å². The molecule has 1 fully saturated rings. The van der Waals surface area contributed by atoms with Gasteiger partial charge in [-0.05, 0) is 41.5 Å². The lowest BCUT2D eigenvalue weighted by Crippen LogP contribution is -2.51. The third-order valence-electron chi connectivity index (χ3n) is 6.39. The maximum absolute atomic E-state index is 12.7. The molecule has 0 aromatic heterocycles. The summed E-state index contributed by atoms with van der Waals surface area (Å²) in [4.78, 5) is 38.0. The van der Waals surface area contributed by atoms with Gasteiger partial charge in [-0.1, -0.05) is 55.5 Å². The lowest BCUT2D eigenvalue weighted by atomic mass is 9.98. The number of carbonyl (C=O) groups excluding carboxylic acids is 2. The van der Waals surface area contributed by atoms with Gasteiger partial charge in [-0.25, -0.2) is 9.59 Å². The molecule has 2 atom stereocenters. The fourth-order valence-electron chi connectivity index (χ4n) is 4.71. The fraction of sp³-hybridized carbons (Fsp3) is 0.400. The molecule has 1 saturated heterocycles. The minimum atomic E-state index is -0.977. The summed E-state index contributed by atoms with van der Waals surface area (Å²) in [6.07, 6.45) is 1.47. The Morgan fingerprint density at radius 3 is 2.31 bits per heavy atom. The number of carbonyl (C=O) groups is 3. The summed E-state index contributed by atoms with van der Waals surface area (Å²) in [5, 5.41) is 12.0. The number of nitrogens with zero attached hydrogens (tertiary/aromatic N) is 1. The van der Waals surface area contributed by atoms with Crippen molar-refractivity contribution in [3.63, 3.8) is 0 Å². The molecule has 2 aromatic carbocycles. The van der Waals surface area contributed by atoms with Crippen LogP contribution in [0.25, 0.3) is 11.1 Å². The second-order valence-electron chi connectivity index (χ2n) is 8.49. The lowest BCUT2D eigenvalue weighted by molar-refractivity contribution is -0.153. The van der Waals surface area contributed by atoms with Crippen LogP contribution in [0, 0.1) is 5.92 Å². The molecular weight excluding hydrogens is 408 g/mol. The van der Waals surface area contributed by atoms with Gasteiger partial charge >= 0.3 is 12.1 Å². The van der Waals surface area contributed by atoms with Crippen LogP contribution in [0.2, 0.25) is 0 Å². The number of ether oxygens (including phenoxy) is 1. The number of nitrogens with one attached hydrogen (secondary N) is 1. The van der Waals surface area contributed by atoms with Gasteiger partial charge in [-0.3, -0.25) is 4.79 Å². The van der Waals surface area contributed by atoms with Crippen LogP contribution >= 0.6 is 0 Å². The molecule has 2 aliphatic rings. The van der Waals surface area contributed by atoms with E-state index < -0.39 is 24.0 Å². The minimum Gasteiger partial charge on any atom is -0.480 e. The smallest absolute Gasteiger partial charge is 0.407 e. The van der Waals surface area contributed by atoms with Crippen molar-refractivity contribution in [3.05, 3.63) is 59.7 Å². The number of alkyl carbamates (subject to hydrolysis) is 1. The number of hydrogen-bond acceptors (Lipinski definition) is 4. The van der Waals surface area contributed by atoms with Gasteiger partial charge < -0.3 is 20.1 Å². The van der Waals surface area contributed by atoms with Gasteiger partial charge in [0.25, 0.3) is 0 Å². The number of benzene rings is 2. The summed E-state index contributed by atoms with van der Waals surface area (Å²) in [7, 11) is 0. The van der Waals surface area contributed by atoms with E-state index in [1.54, 1.807) is 6.92 Å². The van der Waals surface area contributed by atoms with Crippen LogP contribution in [-0.4, -0.2) is 53.7 Å². The van der Waals surface area contributed by atoms with E-state index in [-0.39, 0.29) is 25.0 Å². The number of likely N-dealkylation sites (tertiary alicyclic amines) is 1. The zero-order chi connectivity index (χ0) is 22.7. The lowest BCUT2D eigenvalue weighted by Gasteiger charge is -2.34. The van der Waals surface area contributed by atoms with Gasteiger partial charge in [0.15, 0.2) is 0 Å². The van der Waals surface area contributed by atoms with Crippen molar-refractivity contribution >= 4 is 18.0 Å². The zero-order valence-electron chi connectivity index (χ0n) is 18.1. The highest BCUT2D eigenvalue weighted by Gasteiger charge is 2.34. The third-order valence-corrected chi connectivity index (χ3v) is 6.39. The van der Waals surface area contributed by atoms with E-state index in [0.717, 1.165) is 35.1 Å². The number of piperidine rings is 1. The summed E-state index contributed by atoms with van der Waals surface area (Å²) in [6.45, 7) is 2.43. The third kappa shape index (κ3) is 4.33. The number of fused-ring (bicyclic) bond motifs is 3. The topological polar surface area (TPSA) is 95.9 Å². The summed E-state index contributed by atoms with van der Waals surface area (Å²) in [5.41, 5.74) is 4.58. The molecule has 1 heterocycles. The molecular formula is C25H28N2O5. The maximum Gasteiger partial charge on any atom is 0.407 e. The monoisotopic (exact) mass is 436 g/mol. The highest BCUT2D eigenvalue weighted by atomic mass is 16.5. The van der Waals surface area contributed by atoms with Gasteiger partial charge in [0, 0.05) is 19.0 Å². The van der Waals surface area contributed by atoms with E-state index >= 15 is 0 Å². The second-order valence-corrected chi connectivity index (χ2v) is 8.49. The molecule has 7 heteroatoms. The van der Waals surface area contributed by atoms with Crippen LogP contribution in [0.5, 0.6) is 0 Å². The van der Waals surface area contributed by atoms with Crippen molar-refractivity contribution in [2.45, 2.75) is 38.1 Å². The van der Waals surface area contributed by atoms with E-state index in [1.165, 1.54) is 4.90 Å². The molecule has 2 N–H and O–H groups in total. The average Bonchev–Trinajstić information content (AvgIpc) is 3.14. The van der Waals surface area contributed by atoms with E-state index in [0.29, 0.717) is 13.0 Å². The van der Waals surface area contributed by atoms with E-state index in [2.05, 4.69) is 29.6 Å². The van der Waals surface area contributed by atoms with Gasteiger partial charge in [0.1, 0.15) is 12.6 Å². The van der Waals surface area contributed by atoms with Crippen molar-refractivity contribution in [2.75, 3.05) is 19.7 Å². The maximum atomic E-state index is 12.7. The molecule has 2 aromatic rings. The van der Waals surface area contributed by atoms with Gasteiger partial charge in [-0.15, -0.1) is 0 Å². The van der Waals surface area contributed by atoms with Crippen molar-refractivity contribution in [1.82, 2.24) is 10.2 Å². The van der Waals surface area contributed by atoms with Crippen LogP contribution in [0.3, 0.4) is 0 Å². The largest absolute Gasteiger partial charge is 0.480 e. The Hall–Kier alpha value is -3.35. The first kappa shape index (κ1) is 21.9. The standard InChI is InChI=1S/C25H28N2O5/c1-16(23(28)27-13-7-6-12-22(27)24(29)30)14-26-25(31)32-15-21-19-10-4-2-8-17(19)18-9-3-5-11-20(18)21/h2-5,8-11,16,21-22H,6-7,12-15H2,1H3,(H,26,31)(H,29,30)/t16?,22-/m0/s1. The summed E-state index contributed by atoms with van der Waals surface area (Å²) in [6, 6.07) is 15.4. The predicted octanol–water partition coefficient (Wildman–Crippen LogP) is 3.63. The second kappa shape index (κ2) is 9.42. The number of carboxylic acid groups (broad SMARTS) is 1. The molecule has 1 unspecified atom stereocenters. The van der Waals surface area contributed by atoms with Gasteiger partial charge in [-0.2, -0.15) is 0 Å². The van der Waals surface area contributed by atoms with Crippen molar-refractivity contribution in [2.24, 2.45) is 5.92 Å². The van der Waals surface area contributed by atoms with Crippen molar-refractivity contribution in [1.29, 1.82) is 0 Å². The molecule has 1 aliphatic heterocycles. The quantitative estimate of drug-likeness (QED) is 0.721. The Labute approximate surface area is 187 Å². The number of carboxylic acids is 1. The summed E-state index contributed by atoms with van der Waals surface area (Å²) < 4.78 is 5.51. The number of aliphatic carboxylic acids is 1. The van der Waals surface area contributed by atoms with Crippen LogP contribution in [0.4, 0.5) is 4.79 Å². The van der Waals surface area contributed by atoms with Crippen LogP contribution in [0.1, 0.15) is 43.2 Å². The highest BCUT2D eigenvalue weighted by molar-refractivity contribution is 5.85. The van der Waals surface area contributed by atoms with Crippen molar-refractivity contribution < 1.29 is 24.2 Å². The molecule has 7 nitrogen and oxygen atoms in total.